The molecule has 0 amide bonds. The molecule has 0 spiro atoms. The fourth-order valence-electron chi connectivity index (χ4n) is 4.83. The highest BCUT2D eigenvalue weighted by Crippen LogP contribution is 2.38. The van der Waals surface area contributed by atoms with E-state index in [0.29, 0.717) is 19.0 Å². The number of ether oxygens (including phenoxy) is 1. The molecule has 0 unspecified atom stereocenters. The van der Waals surface area contributed by atoms with Crippen LogP contribution in [0, 0.1) is 13.8 Å². The summed E-state index contributed by atoms with van der Waals surface area (Å²) in [5.74, 6) is 2.48. The normalized spacial score (nSPS) is 14.0. The number of fused-ring (bicyclic) bond motifs is 3. The van der Waals surface area contributed by atoms with E-state index in [2.05, 4.69) is 69.4 Å². The Bertz CT molecular complexity index is 1580. The minimum Gasteiger partial charge on any atom is -0.488 e. The molecule has 35 heavy (non-hydrogen) atoms. The van der Waals surface area contributed by atoms with Gasteiger partial charge in [-0.15, -0.1) is 5.10 Å². The van der Waals surface area contributed by atoms with Crippen molar-refractivity contribution >= 4 is 22.8 Å². The number of para-hydroxylation sites is 1. The van der Waals surface area contributed by atoms with Crippen LogP contribution in [0.25, 0.3) is 22.8 Å². The zero-order valence-corrected chi connectivity index (χ0v) is 19.9. The Hall–Kier alpha value is -4.33. The SMILES string of the molecule is CCc1nc2c(C)cc(C)nc2n1Cc1ccc2c(c1)COc1ccccc1/C2=C\c1nnn[nH]1. The van der Waals surface area contributed by atoms with Crippen molar-refractivity contribution in [2.75, 3.05) is 0 Å². The van der Waals surface area contributed by atoms with Gasteiger partial charge in [0.2, 0.25) is 0 Å². The van der Waals surface area contributed by atoms with Crippen molar-refractivity contribution in [3.8, 4) is 5.75 Å². The first-order valence-corrected chi connectivity index (χ1v) is 11.7. The van der Waals surface area contributed by atoms with Gasteiger partial charge in [0, 0.05) is 17.7 Å². The van der Waals surface area contributed by atoms with Crippen molar-refractivity contribution in [2.24, 2.45) is 0 Å². The van der Waals surface area contributed by atoms with Crippen LogP contribution in [-0.4, -0.2) is 35.2 Å². The maximum atomic E-state index is 6.23. The summed E-state index contributed by atoms with van der Waals surface area (Å²) in [4.78, 5) is 9.72. The molecule has 174 valence electrons. The molecule has 4 heterocycles. The number of H-pyrrole nitrogens is 1. The average molecular weight is 464 g/mol. The molecule has 3 aromatic heterocycles. The van der Waals surface area contributed by atoms with Crippen LogP contribution in [-0.2, 0) is 19.6 Å². The first-order valence-electron chi connectivity index (χ1n) is 11.7. The quantitative estimate of drug-likeness (QED) is 0.417. The Labute approximate surface area is 202 Å². The van der Waals surface area contributed by atoms with Gasteiger partial charge in [-0.3, -0.25) is 0 Å². The van der Waals surface area contributed by atoms with Crippen molar-refractivity contribution < 1.29 is 4.74 Å². The third kappa shape index (κ3) is 3.77. The number of nitrogens with zero attached hydrogens (tertiary/aromatic N) is 6. The van der Waals surface area contributed by atoms with E-state index in [4.69, 9.17) is 14.7 Å². The highest BCUT2D eigenvalue weighted by atomic mass is 16.5. The second-order valence-electron chi connectivity index (χ2n) is 8.84. The second-order valence-corrected chi connectivity index (χ2v) is 8.84. The first-order chi connectivity index (χ1) is 17.1. The van der Waals surface area contributed by atoms with Gasteiger partial charge in [-0.05, 0) is 76.4 Å². The van der Waals surface area contributed by atoms with Crippen LogP contribution in [0.1, 0.15) is 52.1 Å². The van der Waals surface area contributed by atoms with Gasteiger partial charge in [0.15, 0.2) is 11.5 Å². The van der Waals surface area contributed by atoms with E-state index in [9.17, 15) is 0 Å². The molecule has 8 heteroatoms. The number of nitrogens with one attached hydrogen (secondary N) is 1. The fourth-order valence-corrected chi connectivity index (χ4v) is 4.83. The third-order valence-corrected chi connectivity index (χ3v) is 6.42. The maximum absolute atomic E-state index is 6.23. The van der Waals surface area contributed by atoms with Gasteiger partial charge >= 0.3 is 0 Å². The molecular weight excluding hydrogens is 438 g/mol. The highest BCUT2D eigenvalue weighted by molar-refractivity contribution is 5.93. The lowest BCUT2D eigenvalue weighted by atomic mass is 9.92. The summed E-state index contributed by atoms with van der Waals surface area (Å²) in [6, 6.07) is 16.7. The Morgan fingerprint density at radius 1 is 1.06 bits per heavy atom. The van der Waals surface area contributed by atoms with Gasteiger partial charge < -0.3 is 9.30 Å². The molecular formula is C27H25N7O. The summed E-state index contributed by atoms with van der Waals surface area (Å²) in [7, 11) is 0. The van der Waals surface area contributed by atoms with Crippen molar-refractivity contribution in [3.63, 3.8) is 0 Å². The summed E-state index contributed by atoms with van der Waals surface area (Å²) in [6.07, 6.45) is 2.82. The largest absolute Gasteiger partial charge is 0.488 e. The van der Waals surface area contributed by atoms with E-state index in [0.717, 1.165) is 62.7 Å². The molecule has 1 aliphatic rings. The number of tetrazole rings is 1. The van der Waals surface area contributed by atoms with Crippen LogP contribution in [0.4, 0.5) is 0 Å². The molecule has 5 aromatic rings. The van der Waals surface area contributed by atoms with Gasteiger partial charge in [-0.2, -0.15) is 0 Å². The van der Waals surface area contributed by atoms with Crippen LogP contribution < -0.4 is 4.74 Å². The predicted molar refractivity (Wildman–Crippen MR) is 134 cm³/mol. The van der Waals surface area contributed by atoms with Crippen molar-refractivity contribution in [2.45, 2.75) is 40.3 Å². The molecule has 0 fully saturated rings. The number of benzene rings is 2. The van der Waals surface area contributed by atoms with Gasteiger partial charge in [0.05, 0.1) is 6.54 Å². The first kappa shape index (κ1) is 21.2. The van der Waals surface area contributed by atoms with Crippen LogP contribution in [0.3, 0.4) is 0 Å². The molecule has 1 N–H and O–H groups in total. The third-order valence-electron chi connectivity index (χ3n) is 6.42. The summed E-state index contributed by atoms with van der Waals surface area (Å²) < 4.78 is 8.46. The zero-order valence-electron chi connectivity index (χ0n) is 19.9. The van der Waals surface area contributed by atoms with Crippen LogP contribution in [0.2, 0.25) is 0 Å². The van der Waals surface area contributed by atoms with E-state index >= 15 is 0 Å². The number of hydrogen-bond donors (Lipinski definition) is 1. The van der Waals surface area contributed by atoms with Crippen molar-refractivity contribution in [1.82, 2.24) is 35.2 Å². The van der Waals surface area contributed by atoms with E-state index in [-0.39, 0.29) is 0 Å². The number of aromatic amines is 1. The average Bonchev–Trinajstić information content (AvgIpc) is 3.46. The fraction of sp³-hybridized carbons (Fsp3) is 0.222. The summed E-state index contributed by atoms with van der Waals surface area (Å²) in [5, 5.41) is 14.3. The molecule has 0 saturated carbocycles. The van der Waals surface area contributed by atoms with Gasteiger partial charge in [0.25, 0.3) is 0 Å². The molecule has 0 aliphatic carbocycles. The van der Waals surface area contributed by atoms with Gasteiger partial charge in [-0.1, -0.05) is 37.3 Å². The van der Waals surface area contributed by atoms with Gasteiger partial charge in [-0.25, -0.2) is 15.1 Å². The lowest BCUT2D eigenvalue weighted by Gasteiger charge is -2.13. The number of aromatic nitrogens is 7. The van der Waals surface area contributed by atoms with E-state index in [1.807, 2.05) is 31.2 Å². The smallest absolute Gasteiger partial charge is 0.172 e. The number of imidazole rings is 1. The Morgan fingerprint density at radius 3 is 2.77 bits per heavy atom. The van der Waals surface area contributed by atoms with Gasteiger partial charge in [0.1, 0.15) is 23.7 Å². The molecule has 0 atom stereocenters. The minimum atomic E-state index is 0.480. The van der Waals surface area contributed by atoms with E-state index in [1.54, 1.807) is 0 Å². The number of rotatable bonds is 4. The maximum Gasteiger partial charge on any atom is 0.172 e. The predicted octanol–water partition coefficient (Wildman–Crippen LogP) is 4.65. The monoisotopic (exact) mass is 463 g/mol. The summed E-state index contributed by atoms with van der Waals surface area (Å²) >= 11 is 0. The van der Waals surface area contributed by atoms with Crippen molar-refractivity contribution in [1.29, 1.82) is 0 Å². The molecule has 2 aromatic carbocycles. The number of aryl methyl sites for hydroxylation is 3. The molecule has 0 bridgehead atoms. The van der Waals surface area contributed by atoms with Crippen LogP contribution in [0.15, 0.2) is 48.5 Å². The molecule has 6 rings (SSSR count). The number of hydrogen-bond acceptors (Lipinski definition) is 6. The summed E-state index contributed by atoms with van der Waals surface area (Å²) in [6.45, 7) is 7.44. The van der Waals surface area contributed by atoms with E-state index in [1.165, 1.54) is 5.56 Å². The Morgan fingerprint density at radius 2 is 1.94 bits per heavy atom. The van der Waals surface area contributed by atoms with Crippen LogP contribution >= 0.6 is 0 Å². The number of pyridine rings is 1. The topological polar surface area (TPSA) is 94.4 Å². The summed E-state index contributed by atoms with van der Waals surface area (Å²) in [5.41, 5.74) is 9.51. The standard InChI is InChI=1S/C27H25N7O/c1-4-25-29-26-16(2)11-17(3)28-27(26)34(25)14-18-9-10-20-19(12-18)15-35-23-8-6-5-7-21(23)22(20)13-24-30-32-33-31-24/h5-13H,4,14-15H2,1-3H3,(H,30,31,32,33)/b22-13-. The lowest BCUT2D eigenvalue weighted by molar-refractivity contribution is 0.307. The Kier molecular flexibility index (Phi) is 5.13. The molecule has 1 aliphatic heterocycles. The zero-order chi connectivity index (χ0) is 23.9. The highest BCUT2D eigenvalue weighted by Gasteiger charge is 2.21. The van der Waals surface area contributed by atoms with Crippen molar-refractivity contribution in [3.05, 3.63) is 93.7 Å². The van der Waals surface area contributed by atoms with Crippen LogP contribution in [0.5, 0.6) is 5.75 Å². The molecule has 0 radical (unpaired) electrons. The molecule has 8 nitrogen and oxygen atoms in total. The lowest BCUT2D eigenvalue weighted by Crippen LogP contribution is -2.07. The minimum absolute atomic E-state index is 0.480. The molecule has 0 saturated heterocycles. The second kappa shape index (κ2) is 8.47. The Balaban J connectivity index is 1.45. The van der Waals surface area contributed by atoms with E-state index < -0.39 is 0 Å².